The van der Waals surface area contributed by atoms with Gasteiger partial charge in [0.15, 0.2) is 0 Å². The number of anilines is 1. The molecule has 0 atom stereocenters. The fourth-order valence-corrected chi connectivity index (χ4v) is 3.29. The molecule has 1 saturated carbocycles. The van der Waals surface area contributed by atoms with Crippen molar-refractivity contribution in [2.24, 2.45) is 0 Å². The first-order valence-electron chi connectivity index (χ1n) is 7.54. The van der Waals surface area contributed by atoms with Crippen LogP contribution in [-0.2, 0) is 10.0 Å². The standard InChI is InChI=1S/C16H15N3O5S/c20-16(17-11-5-6-11)14-3-1-2-4-15(14)18-25(23,24)13-9-7-12(8-10-13)19(21)22/h1-4,7-11,18H,5-6H2,(H,17,20). The average molecular weight is 361 g/mol. The Balaban J connectivity index is 1.85. The van der Waals surface area contributed by atoms with Crippen LogP contribution in [0.4, 0.5) is 11.4 Å². The van der Waals surface area contributed by atoms with Gasteiger partial charge in [0, 0.05) is 18.2 Å². The lowest BCUT2D eigenvalue weighted by atomic mass is 10.1. The Labute approximate surface area is 144 Å². The van der Waals surface area contributed by atoms with E-state index in [4.69, 9.17) is 0 Å². The predicted molar refractivity (Wildman–Crippen MR) is 90.8 cm³/mol. The molecule has 0 unspecified atom stereocenters. The molecule has 0 bridgehead atoms. The molecule has 130 valence electrons. The zero-order valence-electron chi connectivity index (χ0n) is 13.0. The van der Waals surface area contributed by atoms with Crippen LogP contribution in [-0.4, -0.2) is 25.3 Å². The third-order valence-corrected chi connectivity index (χ3v) is 5.07. The Morgan fingerprint density at radius 1 is 1.08 bits per heavy atom. The van der Waals surface area contributed by atoms with E-state index in [9.17, 15) is 23.3 Å². The van der Waals surface area contributed by atoms with Gasteiger partial charge in [-0.1, -0.05) is 12.1 Å². The number of hydrogen-bond acceptors (Lipinski definition) is 5. The second-order valence-corrected chi connectivity index (χ2v) is 7.33. The zero-order chi connectivity index (χ0) is 18.0. The van der Waals surface area contributed by atoms with Gasteiger partial charge in [0.1, 0.15) is 0 Å². The highest BCUT2D eigenvalue weighted by molar-refractivity contribution is 7.92. The van der Waals surface area contributed by atoms with Gasteiger partial charge in [-0.25, -0.2) is 8.42 Å². The third kappa shape index (κ3) is 3.94. The number of para-hydroxylation sites is 1. The number of hydrogen-bond donors (Lipinski definition) is 2. The molecule has 2 aromatic rings. The molecule has 0 aliphatic heterocycles. The second-order valence-electron chi connectivity index (χ2n) is 5.65. The fraction of sp³-hybridized carbons (Fsp3) is 0.188. The molecule has 0 aromatic heterocycles. The van der Waals surface area contributed by atoms with Crippen molar-refractivity contribution in [2.45, 2.75) is 23.8 Å². The number of nitro groups is 1. The van der Waals surface area contributed by atoms with Crippen molar-refractivity contribution >= 4 is 27.3 Å². The van der Waals surface area contributed by atoms with Crippen LogP contribution in [0.2, 0.25) is 0 Å². The summed E-state index contributed by atoms with van der Waals surface area (Å²) < 4.78 is 27.3. The number of nitrogens with one attached hydrogen (secondary N) is 2. The molecule has 1 fully saturated rings. The van der Waals surface area contributed by atoms with Gasteiger partial charge in [-0.3, -0.25) is 19.6 Å². The summed E-state index contributed by atoms with van der Waals surface area (Å²) in [5, 5.41) is 13.5. The molecule has 1 aliphatic rings. The van der Waals surface area contributed by atoms with Crippen LogP contribution < -0.4 is 10.0 Å². The molecule has 1 amide bonds. The van der Waals surface area contributed by atoms with Crippen LogP contribution in [0.1, 0.15) is 23.2 Å². The van der Waals surface area contributed by atoms with Crippen molar-refractivity contribution in [1.82, 2.24) is 5.32 Å². The summed E-state index contributed by atoms with van der Waals surface area (Å²) >= 11 is 0. The van der Waals surface area contributed by atoms with E-state index in [0.717, 1.165) is 37.1 Å². The number of sulfonamides is 1. The Morgan fingerprint density at radius 2 is 1.72 bits per heavy atom. The average Bonchev–Trinajstić information content (AvgIpc) is 3.39. The summed E-state index contributed by atoms with van der Waals surface area (Å²) in [7, 11) is -3.98. The number of rotatable bonds is 6. The minimum absolute atomic E-state index is 0.129. The third-order valence-electron chi connectivity index (χ3n) is 3.69. The summed E-state index contributed by atoms with van der Waals surface area (Å²) in [6.07, 6.45) is 1.84. The first-order valence-corrected chi connectivity index (χ1v) is 9.02. The van der Waals surface area contributed by atoms with Gasteiger partial charge in [-0.15, -0.1) is 0 Å². The minimum atomic E-state index is -3.98. The molecular weight excluding hydrogens is 346 g/mol. The molecule has 1 aliphatic carbocycles. The largest absolute Gasteiger partial charge is 0.349 e. The van der Waals surface area contributed by atoms with Gasteiger partial charge in [0.05, 0.1) is 21.1 Å². The molecule has 9 heteroatoms. The quantitative estimate of drug-likeness (QED) is 0.604. The fourth-order valence-electron chi connectivity index (χ4n) is 2.21. The Bertz CT molecular complexity index is 921. The van der Waals surface area contributed by atoms with Crippen molar-refractivity contribution in [1.29, 1.82) is 0 Å². The second kappa shape index (κ2) is 6.52. The highest BCUT2D eigenvalue weighted by Gasteiger charge is 2.25. The monoisotopic (exact) mass is 361 g/mol. The van der Waals surface area contributed by atoms with E-state index >= 15 is 0 Å². The minimum Gasteiger partial charge on any atom is -0.349 e. The molecule has 25 heavy (non-hydrogen) atoms. The summed E-state index contributed by atoms with van der Waals surface area (Å²) in [6.45, 7) is 0. The maximum atomic E-state index is 12.5. The maximum Gasteiger partial charge on any atom is 0.269 e. The maximum absolute atomic E-state index is 12.5. The van der Waals surface area contributed by atoms with Crippen LogP contribution in [0.3, 0.4) is 0 Å². The number of carbonyl (C=O) groups is 1. The van der Waals surface area contributed by atoms with E-state index in [2.05, 4.69) is 10.0 Å². The topological polar surface area (TPSA) is 118 Å². The molecule has 8 nitrogen and oxygen atoms in total. The molecule has 3 rings (SSSR count). The van der Waals surface area contributed by atoms with Crippen molar-refractivity contribution in [3.8, 4) is 0 Å². The lowest BCUT2D eigenvalue weighted by Crippen LogP contribution is -2.27. The van der Waals surface area contributed by atoms with Gasteiger partial charge in [-0.2, -0.15) is 0 Å². The van der Waals surface area contributed by atoms with Crippen molar-refractivity contribution in [2.75, 3.05) is 4.72 Å². The van der Waals surface area contributed by atoms with E-state index in [1.54, 1.807) is 12.1 Å². The van der Waals surface area contributed by atoms with Crippen molar-refractivity contribution < 1.29 is 18.1 Å². The highest BCUT2D eigenvalue weighted by atomic mass is 32.2. The van der Waals surface area contributed by atoms with Gasteiger partial charge >= 0.3 is 0 Å². The molecule has 2 N–H and O–H groups in total. The Hall–Kier alpha value is -2.94. The number of amides is 1. The highest BCUT2D eigenvalue weighted by Crippen LogP contribution is 2.24. The lowest BCUT2D eigenvalue weighted by Gasteiger charge is -2.12. The molecular formula is C16H15N3O5S. The van der Waals surface area contributed by atoms with E-state index in [0.29, 0.717) is 0 Å². The molecule has 0 saturated heterocycles. The lowest BCUT2D eigenvalue weighted by molar-refractivity contribution is -0.384. The number of nitrogens with zero attached hydrogens (tertiary/aromatic N) is 1. The Kier molecular flexibility index (Phi) is 4.41. The number of non-ortho nitro benzene ring substituents is 1. The smallest absolute Gasteiger partial charge is 0.269 e. The number of carbonyl (C=O) groups excluding carboxylic acids is 1. The van der Waals surface area contributed by atoms with Crippen LogP contribution in [0.25, 0.3) is 0 Å². The molecule has 2 aromatic carbocycles. The molecule has 0 radical (unpaired) electrons. The van der Waals surface area contributed by atoms with Crippen LogP contribution in [0.5, 0.6) is 0 Å². The van der Waals surface area contributed by atoms with Crippen molar-refractivity contribution in [3.05, 3.63) is 64.2 Å². The van der Waals surface area contributed by atoms with Crippen LogP contribution >= 0.6 is 0 Å². The van der Waals surface area contributed by atoms with Gasteiger partial charge in [-0.05, 0) is 37.1 Å². The normalized spacial score (nSPS) is 13.9. The summed E-state index contributed by atoms with van der Waals surface area (Å²) in [5.41, 5.74) is 0.169. The van der Waals surface area contributed by atoms with E-state index < -0.39 is 14.9 Å². The zero-order valence-corrected chi connectivity index (χ0v) is 13.8. The number of nitro benzene ring substituents is 1. The van der Waals surface area contributed by atoms with E-state index in [1.165, 1.54) is 12.1 Å². The van der Waals surface area contributed by atoms with E-state index in [1.807, 2.05) is 0 Å². The Morgan fingerprint density at radius 3 is 2.32 bits per heavy atom. The summed E-state index contributed by atoms with van der Waals surface area (Å²) in [5.74, 6) is -0.343. The predicted octanol–water partition coefficient (Wildman–Crippen LogP) is 2.29. The molecule has 0 spiro atoms. The first kappa shape index (κ1) is 16.9. The SMILES string of the molecule is O=C(NC1CC1)c1ccccc1NS(=O)(=O)c1ccc([N+](=O)[O-])cc1. The van der Waals surface area contributed by atoms with Crippen molar-refractivity contribution in [3.63, 3.8) is 0 Å². The van der Waals surface area contributed by atoms with Gasteiger partial charge in [0.2, 0.25) is 0 Å². The number of benzene rings is 2. The first-order chi connectivity index (χ1) is 11.9. The summed E-state index contributed by atoms with van der Waals surface area (Å²) in [4.78, 5) is 22.2. The summed E-state index contributed by atoms with van der Waals surface area (Å²) in [6, 6.07) is 10.9. The van der Waals surface area contributed by atoms with Gasteiger partial charge in [0.25, 0.3) is 21.6 Å². The molecule has 0 heterocycles. The van der Waals surface area contributed by atoms with Crippen LogP contribution in [0, 0.1) is 10.1 Å². The van der Waals surface area contributed by atoms with Gasteiger partial charge < -0.3 is 5.32 Å². The van der Waals surface area contributed by atoms with E-state index in [-0.39, 0.29) is 33.8 Å². The van der Waals surface area contributed by atoms with Crippen LogP contribution in [0.15, 0.2) is 53.4 Å².